The van der Waals surface area contributed by atoms with Gasteiger partial charge in [0.1, 0.15) is 18.0 Å². The zero-order valence-corrected chi connectivity index (χ0v) is 21.3. The second-order valence-corrected chi connectivity index (χ2v) is 10.7. The average molecular weight is 474 g/mol. The van der Waals surface area contributed by atoms with Crippen LogP contribution in [0.25, 0.3) is 22.5 Å². The Morgan fingerprint density at radius 3 is 2.17 bits per heavy atom. The molecule has 2 aromatic carbocycles. The van der Waals surface area contributed by atoms with Crippen LogP contribution in [-0.4, -0.2) is 47.3 Å². The average Bonchev–Trinajstić information content (AvgIpc) is 2.82. The summed E-state index contributed by atoms with van der Waals surface area (Å²) in [6.45, 7) is 11.4. The normalized spacial score (nSPS) is 17.7. The highest BCUT2D eigenvalue weighted by Crippen LogP contribution is 2.36. The van der Waals surface area contributed by atoms with Gasteiger partial charge in [0.15, 0.2) is 0 Å². The Labute approximate surface area is 208 Å². The van der Waals surface area contributed by atoms with E-state index in [4.69, 9.17) is 19.4 Å². The van der Waals surface area contributed by atoms with E-state index in [2.05, 4.69) is 43.0 Å². The molecule has 1 fully saturated rings. The third-order valence-electron chi connectivity index (χ3n) is 6.13. The van der Waals surface area contributed by atoms with Crippen molar-refractivity contribution >= 4 is 11.8 Å². The van der Waals surface area contributed by atoms with Gasteiger partial charge in [0.25, 0.3) is 0 Å². The van der Waals surface area contributed by atoms with Crippen molar-refractivity contribution in [2.45, 2.75) is 52.7 Å². The number of carbonyl (C=O) groups is 1. The maximum atomic E-state index is 12.1. The monoisotopic (exact) mass is 473 g/mol. The van der Waals surface area contributed by atoms with E-state index >= 15 is 0 Å². The standard InChI is InChI=1S/C29H35N3O3/c1-28(2,3)35-25(33)19-34-23-16-17-32(20-29(23,4)5)24-18-30-26(21-12-8-6-9-13-21)27(31-24)22-14-10-7-11-15-22/h6-15,18,23H,16-17,19-20H2,1-5H3/t23-/m0/s1. The minimum Gasteiger partial charge on any atom is -0.458 e. The van der Waals surface area contributed by atoms with Crippen LogP contribution in [0.1, 0.15) is 41.0 Å². The molecule has 4 rings (SSSR count). The molecule has 6 nitrogen and oxygen atoms in total. The fraction of sp³-hybridized carbons (Fsp3) is 0.414. The number of anilines is 1. The number of hydrogen-bond donors (Lipinski definition) is 0. The summed E-state index contributed by atoms with van der Waals surface area (Å²) in [5.74, 6) is 0.521. The van der Waals surface area contributed by atoms with Crippen molar-refractivity contribution < 1.29 is 14.3 Å². The third-order valence-corrected chi connectivity index (χ3v) is 6.13. The van der Waals surface area contributed by atoms with Crippen LogP contribution >= 0.6 is 0 Å². The molecule has 1 saturated heterocycles. The van der Waals surface area contributed by atoms with Crippen LogP contribution in [0.2, 0.25) is 0 Å². The van der Waals surface area contributed by atoms with Crippen LogP contribution in [0, 0.1) is 5.41 Å². The van der Waals surface area contributed by atoms with Gasteiger partial charge in [0.2, 0.25) is 0 Å². The summed E-state index contributed by atoms with van der Waals surface area (Å²) in [7, 11) is 0. The van der Waals surface area contributed by atoms with Crippen molar-refractivity contribution in [2.75, 3.05) is 24.6 Å². The molecule has 184 valence electrons. The summed E-state index contributed by atoms with van der Waals surface area (Å²) in [4.78, 5) is 24.4. The van der Waals surface area contributed by atoms with Gasteiger partial charge in [-0.15, -0.1) is 0 Å². The molecule has 0 radical (unpaired) electrons. The summed E-state index contributed by atoms with van der Waals surface area (Å²) in [6.07, 6.45) is 2.61. The Hall–Kier alpha value is -3.25. The molecule has 1 aliphatic rings. The highest BCUT2D eigenvalue weighted by atomic mass is 16.6. The maximum absolute atomic E-state index is 12.1. The number of benzene rings is 2. The number of ether oxygens (including phenoxy) is 2. The highest BCUT2D eigenvalue weighted by molar-refractivity contribution is 5.78. The van der Waals surface area contributed by atoms with Crippen molar-refractivity contribution in [3.8, 4) is 22.5 Å². The molecule has 0 bridgehead atoms. The molecule has 0 unspecified atom stereocenters. The molecule has 6 heteroatoms. The predicted molar refractivity (Wildman–Crippen MR) is 139 cm³/mol. The van der Waals surface area contributed by atoms with E-state index in [0.29, 0.717) is 0 Å². The van der Waals surface area contributed by atoms with E-state index in [1.54, 1.807) is 0 Å². The summed E-state index contributed by atoms with van der Waals surface area (Å²) >= 11 is 0. The summed E-state index contributed by atoms with van der Waals surface area (Å²) in [5, 5.41) is 0. The fourth-order valence-electron chi connectivity index (χ4n) is 4.52. The molecule has 0 N–H and O–H groups in total. The second kappa shape index (κ2) is 10.2. The van der Waals surface area contributed by atoms with Crippen molar-refractivity contribution in [1.82, 2.24) is 9.97 Å². The van der Waals surface area contributed by atoms with Gasteiger partial charge in [-0.05, 0) is 27.2 Å². The number of carbonyl (C=O) groups excluding carboxylic acids is 1. The van der Waals surface area contributed by atoms with Crippen molar-refractivity contribution in [2.24, 2.45) is 5.41 Å². The topological polar surface area (TPSA) is 64.6 Å². The molecule has 3 aromatic rings. The molecule has 1 aliphatic heterocycles. The number of piperidine rings is 1. The SMILES string of the molecule is CC(C)(C)OC(=O)CO[C@H]1CCN(c2cnc(-c3ccccc3)c(-c3ccccc3)n2)CC1(C)C. The Balaban J connectivity index is 1.53. The number of esters is 1. The first-order valence-corrected chi connectivity index (χ1v) is 12.2. The van der Waals surface area contributed by atoms with Crippen LogP contribution in [0.3, 0.4) is 0 Å². The van der Waals surface area contributed by atoms with Crippen LogP contribution in [0.4, 0.5) is 5.82 Å². The Bertz CT molecular complexity index is 1140. The van der Waals surface area contributed by atoms with Crippen LogP contribution in [-0.2, 0) is 14.3 Å². The fourth-order valence-corrected chi connectivity index (χ4v) is 4.52. The number of aromatic nitrogens is 2. The maximum Gasteiger partial charge on any atom is 0.332 e. The number of hydrogen-bond acceptors (Lipinski definition) is 6. The smallest absolute Gasteiger partial charge is 0.332 e. The summed E-state index contributed by atoms with van der Waals surface area (Å²) < 4.78 is 11.4. The van der Waals surface area contributed by atoms with E-state index < -0.39 is 5.60 Å². The third kappa shape index (κ3) is 6.25. The summed E-state index contributed by atoms with van der Waals surface area (Å²) in [6, 6.07) is 20.4. The molecule has 1 aromatic heterocycles. The lowest BCUT2D eigenvalue weighted by molar-refractivity contribution is -0.165. The minimum absolute atomic E-state index is 0.0326. The summed E-state index contributed by atoms with van der Waals surface area (Å²) in [5.41, 5.74) is 3.13. The second-order valence-electron chi connectivity index (χ2n) is 10.7. The van der Waals surface area contributed by atoms with Crippen LogP contribution in [0.15, 0.2) is 66.9 Å². The minimum atomic E-state index is -0.514. The lowest BCUT2D eigenvalue weighted by Gasteiger charge is -2.44. The molecule has 0 amide bonds. The Kier molecular flexibility index (Phi) is 7.22. The van der Waals surface area contributed by atoms with Gasteiger partial charge in [-0.2, -0.15) is 0 Å². The van der Waals surface area contributed by atoms with E-state index in [1.807, 2.05) is 63.4 Å². The molecule has 35 heavy (non-hydrogen) atoms. The Morgan fingerprint density at radius 1 is 1.00 bits per heavy atom. The van der Waals surface area contributed by atoms with E-state index in [-0.39, 0.29) is 24.1 Å². The van der Waals surface area contributed by atoms with E-state index in [9.17, 15) is 4.79 Å². The van der Waals surface area contributed by atoms with Gasteiger partial charge in [-0.3, -0.25) is 4.98 Å². The van der Waals surface area contributed by atoms with E-state index in [0.717, 1.165) is 47.8 Å². The molecule has 1 atom stereocenters. The van der Waals surface area contributed by atoms with Gasteiger partial charge in [0.05, 0.1) is 23.7 Å². The van der Waals surface area contributed by atoms with Crippen LogP contribution in [0.5, 0.6) is 0 Å². The number of nitrogens with zero attached hydrogens (tertiary/aromatic N) is 3. The van der Waals surface area contributed by atoms with Crippen molar-refractivity contribution in [1.29, 1.82) is 0 Å². The molecule has 0 aliphatic carbocycles. The van der Waals surface area contributed by atoms with Crippen LogP contribution < -0.4 is 4.90 Å². The van der Waals surface area contributed by atoms with Crippen molar-refractivity contribution in [3.05, 3.63) is 66.9 Å². The molecule has 0 saturated carbocycles. The first kappa shape index (κ1) is 24.9. The van der Waals surface area contributed by atoms with Gasteiger partial charge >= 0.3 is 5.97 Å². The molecular weight excluding hydrogens is 438 g/mol. The first-order valence-electron chi connectivity index (χ1n) is 12.2. The zero-order chi connectivity index (χ0) is 25.1. The largest absolute Gasteiger partial charge is 0.458 e. The van der Waals surface area contributed by atoms with E-state index in [1.165, 1.54) is 0 Å². The zero-order valence-electron chi connectivity index (χ0n) is 21.3. The first-order chi connectivity index (χ1) is 16.6. The molecular formula is C29H35N3O3. The predicted octanol–water partition coefficient (Wildman–Crippen LogP) is 5.77. The highest BCUT2D eigenvalue weighted by Gasteiger charge is 2.38. The quantitative estimate of drug-likeness (QED) is 0.423. The Morgan fingerprint density at radius 2 is 1.60 bits per heavy atom. The van der Waals surface area contributed by atoms with Gasteiger partial charge < -0.3 is 14.4 Å². The molecule has 0 spiro atoms. The van der Waals surface area contributed by atoms with Gasteiger partial charge in [-0.1, -0.05) is 74.5 Å². The lowest BCUT2D eigenvalue weighted by atomic mass is 9.81. The lowest BCUT2D eigenvalue weighted by Crippen LogP contribution is -2.50. The van der Waals surface area contributed by atoms with Crippen molar-refractivity contribution in [3.63, 3.8) is 0 Å². The molecule has 2 heterocycles. The number of rotatable bonds is 6. The van der Waals surface area contributed by atoms with Gasteiger partial charge in [0, 0.05) is 29.6 Å². The van der Waals surface area contributed by atoms with Gasteiger partial charge in [-0.25, -0.2) is 9.78 Å².